The van der Waals surface area contributed by atoms with Gasteiger partial charge in [-0.2, -0.15) is 0 Å². The van der Waals surface area contributed by atoms with E-state index in [9.17, 15) is 5.11 Å². The lowest BCUT2D eigenvalue weighted by Crippen LogP contribution is -2.43. The Morgan fingerprint density at radius 3 is 2.80 bits per heavy atom. The summed E-state index contributed by atoms with van der Waals surface area (Å²) in [5.74, 6) is 0. The molecule has 0 bridgehead atoms. The number of hydrogen-bond acceptors (Lipinski definition) is 5. The highest BCUT2D eigenvalue weighted by Crippen LogP contribution is 2.26. The van der Waals surface area contributed by atoms with Crippen LogP contribution >= 0.6 is 0 Å². The Balaban J connectivity index is 2.21. The molecule has 1 heterocycles. The van der Waals surface area contributed by atoms with E-state index in [2.05, 4.69) is 10.3 Å². The van der Waals surface area contributed by atoms with Crippen molar-refractivity contribution in [3.8, 4) is 0 Å². The number of rotatable bonds is 5. The largest absolute Gasteiger partial charge is 0.397 e. The Labute approximate surface area is 119 Å². The molecule has 2 rings (SSSR count). The zero-order valence-electron chi connectivity index (χ0n) is 12.2. The second-order valence-electron chi connectivity index (χ2n) is 5.69. The predicted molar refractivity (Wildman–Crippen MR) is 83.8 cm³/mol. The van der Waals surface area contributed by atoms with Crippen molar-refractivity contribution >= 4 is 22.3 Å². The topological polar surface area (TPSA) is 74.4 Å². The fraction of sp³-hybridized carbons (Fsp3) is 0.400. The smallest absolute Gasteiger partial charge is 0.0951 e. The molecular formula is C15H22N4O. The van der Waals surface area contributed by atoms with Gasteiger partial charge >= 0.3 is 0 Å². The Morgan fingerprint density at radius 2 is 2.10 bits per heavy atom. The van der Waals surface area contributed by atoms with Gasteiger partial charge < -0.3 is 21.1 Å². The van der Waals surface area contributed by atoms with Crippen LogP contribution < -0.4 is 11.1 Å². The van der Waals surface area contributed by atoms with E-state index in [0.29, 0.717) is 18.8 Å². The van der Waals surface area contributed by atoms with Gasteiger partial charge in [-0.25, -0.2) is 0 Å². The standard InChI is InChI=1S/C15H22N4O/c1-15(20,10-19(2)3)9-18-13-7-6-12(16)14-11(13)5-4-8-17-14/h4-8,18,20H,9-10,16H2,1-3H3. The van der Waals surface area contributed by atoms with Crippen LogP contribution in [0.25, 0.3) is 10.9 Å². The molecule has 2 aromatic rings. The summed E-state index contributed by atoms with van der Waals surface area (Å²) in [6, 6.07) is 7.61. The van der Waals surface area contributed by atoms with Crippen molar-refractivity contribution < 1.29 is 5.11 Å². The molecule has 5 heteroatoms. The monoisotopic (exact) mass is 274 g/mol. The van der Waals surface area contributed by atoms with E-state index in [1.54, 1.807) is 6.20 Å². The van der Waals surface area contributed by atoms with Gasteiger partial charge in [0.2, 0.25) is 0 Å². The van der Waals surface area contributed by atoms with E-state index < -0.39 is 5.60 Å². The number of nitrogens with two attached hydrogens (primary N) is 1. The average molecular weight is 274 g/mol. The van der Waals surface area contributed by atoms with Gasteiger partial charge in [0.15, 0.2) is 0 Å². The number of fused-ring (bicyclic) bond motifs is 1. The molecule has 0 saturated carbocycles. The normalized spacial score (nSPS) is 14.4. The molecule has 1 aromatic heterocycles. The van der Waals surface area contributed by atoms with E-state index in [-0.39, 0.29) is 0 Å². The van der Waals surface area contributed by atoms with E-state index >= 15 is 0 Å². The summed E-state index contributed by atoms with van der Waals surface area (Å²) in [6.07, 6.45) is 1.73. The molecule has 0 spiro atoms. The number of likely N-dealkylation sites (N-methyl/N-ethyl adjacent to an activating group) is 1. The number of anilines is 2. The molecule has 0 amide bonds. The zero-order chi connectivity index (χ0) is 14.8. The SMILES string of the molecule is CN(C)CC(C)(O)CNc1ccc(N)c2ncccc12. The molecular weight excluding hydrogens is 252 g/mol. The average Bonchev–Trinajstić information content (AvgIpc) is 2.37. The van der Waals surface area contributed by atoms with Gasteiger partial charge in [0, 0.05) is 30.4 Å². The summed E-state index contributed by atoms with van der Waals surface area (Å²) in [4.78, 5) is 6.26. The van der Waals surface area contributed by atoms with Crippen molar-refractivity contribution in [3.63, 3.8) is 0 Å². The number of hydrogen-bond donors (Lipinski definition) is 3. The van der Waals surface area contributed by atoms with Crippen molar-refractivity contribution in [2.24, 2.45) is 0 Å². The molecule has 1 aromatic carbocycles. The number of nitrogens with zero attached hydrogens (tertiary/aromatic N) is 2. The van der Waals surface area contributed by atoms with Gasteiger partial charge in [0.05, 0.1) is 16.8 Å². The zero-order valence-corrected chi connectivity index (χ0v) is 12.2. The number of nitrogens with one attached hydrogen (secondary N) is 1. The molecule has 5 nitrogen and oxygen atoms in total. The number of aliphatic hydroxyl groups is 1. The van der Waals surface area contributed by atoms with Gasteiger partial charge in [0.1, 0.15) is 0 Å². The first-order valence-corrected chi connectivity index (χ1v) is 6.63. The maximum absolute atomic E-state index is 10.3. The predicted octanol–water partition coefficient (Wildman–Crippen LogP) is 1.54. The molecule has 0 fully saturated rings. The molecule has 0 aliphatic carbocycles. The third-order valence-corrected chi connectivity index (χ3v) is 3.12. The third-order valence-electron chi connectivity index (χ3n) is 3.12. The third kappa shape index (κ3) is 3.37. The molecule has 4 N–H and O–H groups in total. The van der Waals surface area contributed by atoms with Crippen molar-refractivity contribution in [1.82, 2.24) is 9.88 Å². The maximum atomic E-state index is 10.3. The van der Waals surface area contributed by atoms with E-state index in [1.165, 1.54) is 0 Å². The molecule has 108 valence electrons. The summed E-state index contributed by atoms with van der Waals surface area (Å²) < 4.78 is 0. The molecule has 0 radical (unpaired) electrons. The Morgan fingerprint density at radius 1 is 1.35 bits per heavy atom. The summed E-state index contributed by atoms with van der Waals surface area (Å²) in [5.41, 5.74) is 7.49. The first-order valence-electron chi connectivity index (χ1n) is 6.63. The van der Waals surface area contributed by atoms with E-state index in [1.807, 2.05) is 50.2 Å². The molecule has 1 atom stereocenters. The van der Waals surface area contributed by atoms with Gasteiger partial charge in [0.25, 0.3) is 0 Å². The van der Waals surface area contributed by atoms with Crippen LogP contribution in [0.2, 0.25) is 0 Å². The number of pyridine rings is 1. The molecule has 20 heavy (non-hydrogen) atoms. The van der Waals surface area contributed by atoms with Crippen molar-refractivity contribution in [2.75, 3.05) is 38.2 Å². The Kier molecular flexibility index (Phi) is 4.11. The van der Waals surface area contributed by atoms with Crippen LogP contribution in [0.4, 0.5) is 11.4 Å². The lowest BCUT2D eigenvalue weighted by molar-refractivity contribution is 0.0460. The highest BCUT2D eigenvalue weighted by atomic mass is 16.3. The Hall–Kier alpha value is -1.85. The van der Waals surface area contributed by atoms with Gasteiger partial charge in [-0.15, -0.1) is 0 Å². The van der Waals surface area contributed by atoms with Crippen LogP contribution in [-0.2, 0) is 0 Å². The maximum Gasteiger partial charge on any atom is 0.0951 e. The molecule has 0 saturated heterocycles. The Bertz CT molecular complexity index is 595. The highest BCUT2D eigenvalue weighted by molar-refractivity contribution is 5.98. The van der Waals surface area contributed by atoms with Crippen molar-refractivity contribution in [1.29, 1.82) is 0 Å². The highest BCUT2D eigenvalue weighted by Gasteiger charge is 2.21. The fourth-order valence-corrected chi connectivity index (χ4v) is 2.37. The first-order chi connectivity index (χ1) is 9.39. The summed E-state index contributed by atoms with van der Waals surface area (Å²) in [5, 5.41) is 14.6. The lowest BCUT2D eigenvalue weighted by Gasteiger charge is -2.27. The van der Waals surface area contributed by atoms with Crippen molar-refractivity contribution in [2.45, 2.75) is 12.5 Å². The minimum Gasteiger partial charge on any atom is -0.397 e. The van der Waals surface area contributed by atoms with Crippen LogP contribution in [0.5, 0.6) is 0 Å². The minimum absolute atomic E-state index is 0.457. The van der Waals surface area contributed by atoms with Crippen molar-refractivity contribution in [3.05, 3.63) is 30.5 Å². The first kappa shape index (κ1) is 14.6. The van der Waals surface area contributed by atoms with Gasteiger partial charge in [-0.05, 0) is 45.3 Å². The van der Waals surface area contributed by atoms with Crippen LogP contribution in [-0.4, -0.2) is 47.8 Å². The summed E-state index contributed by atoms with van der Waals surface area (Å²) in [7, 11) is 3.88. The molecule has 0 aliphatic heterocycles. The van der Waals surface area contributed by atoms with Crippen LogP contribution in [0.3, 0.4) is 0 Å². The van der Waals surface area contributed by atoms with E-state index in [0.717, 1.165) is 16.6 Å². The van der Waals surface area contributed by atoms with Gasteiger partial charge in [-0.3, -0.25) is 4.98 Å². The fourth-order valence-electron chi connectivity index (χ4n) is 2.37. The molecule has 0 aliphatic rings. The molecule has 1 unspecified atom stereocenters. The van der Waals surface area contributed by atoms with Crippen LogP contribution in [0.1, 0.15) is 6.92 Å². The number of nitrogen functional groups attached to an aromatic ring is 1. The number of aromatic nitrogens is 1. The quantitative estimate of drug-likeness (QED) is 0.721. The van der Waals surface area contributed by atoms with Crippen LogP contribution in [0, 0.1) is 0 Å². The summed E-state index contributed by atoms with van der Waals surface area (Å²) in [6.45, 7) is 2.86. The second kappa shape index (κ2) is 5.64. The second-order valence-corrected chi connectivity index (χ2v) is 5.69. The van der Waals surface area contributed by atoms with Crippen LogP contribution in [0.15, 0.2) is 30.5 Å². The summed E-state index contributed by atoms with van der Waals surface area (Å²) >= 11 is 0. The van der Waals surface area contributed by atoms with E-state index in [4.69, 9.17) is 5.73 Å². The lowest BCUT2D eigenvalue weighted by atomic mass is 10.1. The minimum atomic E-state index is -0.806. The van der Waals surface area contributed by atoms with Gasteiger partial charge in [-0.1, -0.05) is 0 Å². The number of benzene rings is 1.